The summed E-state index contributed by atoms with van der Waals surface area (Å²) in [6.07, 6.45) is 1.53. The number of halogens is 2. The molecule has 0 saturated carbocycles. The predicted molar refractivity (Wildman–Crippen MR) is 109 cm³/mol. The lowest BCUT2D eigenvalue weighted by atomic mass is 10.3. The van der Waals surface area contributed by atoms with E-state index in [1.165, 1.54) is 10.6 Å². The van der Waals surface area contributed by atoms with Gasteiger partial charge in [0.05, 0.1) is 0 Å². The van der Waals surface area contributed by atoms with E-state index in [-0.39, 0.29) is 13.1 Å². The molecule has 2 saturated heterocycles. The van der Waals surface area contributed by atoms with E-state index < -0.39 is 26.6 Å². The van der Waals surface area contributed by atoms with Crippen molar-refractivity contribution in [2.45, 2.75) is 4.90 Å². The first-order chi connectivity index (χ1) is 14.3. The number of nitrogens with zero attached hydrogens (tertiary/aromatic N) is 6. The Morgan fingerprint density at radius 2 is 1.40 bits per heavy atom. The molecule has 2 aliphatic heterocycles. The van der Waals surface area contributed by atoms with Crippen molar-refractivity contribution in [2.75, 3.05) is 69.2 Å². The molecule has 30 heavy (non-hydrogen) atoms. The first kappa shape index (κ1) is 20.9. The van der Waals surface area contributed by atoms with Crippen LogP contribution in [0.5, 0.6) is 0 Å². The third-order valence-corrected chi connectivity index (χ3v) is 7.47. The summed E-state index contributed by atoms with van der Waals surface area (Å²) in [4.78, 5) is 14.7. The number of hydrogen-bond acceptors (Lipinski definition) is 7. The molecule has 8 nitrogen and oxygen atoms in total. The van der Waals surface area contributed by atoms with Crippen LogP contribution in [-0.2, 0) is 10.0 Å². The standard InChI is InChI=1S/C19H24F2N6O2S/c1-24-4-6-25(7-5-24)18-13-19(23-14-22-18)26-8-10-27(11-9-26)30(28,29)17-3-2-15(20)12-16(17)21/h2-3,12-14H,4-11H2,1H3. The number of hydrogen-bond donors (Lipinski definition) is 0. The van der Waals surface area contributed by atoms with Gasteiger partial charge in [0.25, 0.3) is 0 Å². The highest BCUT2D eigenvalue weighted by atomic mass is 32.2. The molecule has 2 aromatic rings. The number of rotatable bonds is 4. The van der Waals surface area contributed by atoms with Gasteiger partial charge < -0.3 is 14.7 Å². The summed E-state index contributed by atoms with van der Waals surface area (Å²) in [6, 6.07) is 4.44. The third-order valence-electron chi connectivity index (χ3n) is 5.54. The Hall–Kier alpha value is -2.37. The largest absolute Gasteiger partial charge is 0.354 e. The molecule has 0 N–H and O–H groups in total. The van der Waals surface area contributed by atoms with E-state index in [4.69, 9.17) is 0 Å². The second-order valence-electron chi connectivity index (χ2n) is 7.49. The minimum Gasteiger partial charge on any atom is -0.354 e. The van der Waals surface area contributed by atoms with Crippen molar-refractivity contribution in [3.8, 4) is 0 Å². The van der Waals surface area contributed by atoms with Gasteiger partial charge in [-0.15, -0.1) is 0 Å². The quantitative estimate of drug-likeness (QED) is 0.706. The van der Waals surface area contributed by atoms with Crippen molar-refractivity contribution in [3.05, 3.63) is 42.2 Å². The second-order valence-corrected chi connectivity index (χ2v) is 9.40. The lowest BCUT2D eigenvalue weighted by Crippen LogP contribution is -2.49. The number of sulfonamides is 1. The summed E-state index contributed by atoms with van der Waals surface area (Å²) < 4.78 is 53.9. The van der Waals surface area contributed by atoms with Gasteiger partial charge in [-0.1, -0.05) is 0 Å². The zero-order valence-electron chi connectivity index (χ0n) is 16.7. The Balaban J connectivity index is 1.44. The van der Waals surface area contributed by atoms with Crippen LogP contribution in [0.2, 0.25) is 0 Å². The van der Waals surface area contributed by atoms with Gasteiger partial charge in [-0.3, -0.25) is 0 Å². The van der Waals surface area contributed by atoms with Crippen LogP contribution in [0.3, 0.4) is 0 Å². The van der Waals surface area contributed by atoms with Crippen molar-refractivity contribution >= 4 is 21.7 Å². The number of anilines is 2. The molecule has 3 heterocycles. The van der Waals surface area contributed by atoms with Gasteiger partial charge in [0, 0.05) is 64.5 Å². The molecule has 4 rings (SSSR count). The van der Waals surface area contributed by atoms with E-state index in [0.717, 1.165) is 49.9 Å². The van der Waals surface area contributed by atoms with E-state index in [2.05, 4.69) is 26.8 Å². The van der Waals surface area contributed by atoms with Crippen LogP contribution < -0.4 is 9.80 Å². The normalized spacial score (nSPS) is 19.3. The summed E-state index contributed by atoms with van der Waals surface area (Å²) in [5.74, 6) is -0.290. The molecule has 11 heteroatoms. The highest BCUT2D eigenvalue weighted by Gasteiger charge is 2.31. The minimum absolute atomic E-state index is 0.187. The lowest BCUT2D eigenvalue weighted by Gasteiger charge is -2.36. The summed E-state index contributed by atoms with van der Waals surface area (Å²) >= 11 is 0. The van der Waals surface area contributed by atoms with Gasteiger partial charge >= 0.3 is 0 Å². The second kappa shape index (κ2) is 8.40. The van der Waals surface area contributed by atoms with Crippen molar-refractivity contribution in [3.63, 3.8) is 0 Å². The van der Waals surface area contributed by atoms with E-state index in [1.54, 1.807) is 0 Å². The Bertz CT molecular complexity index is 1010. The Labute approximate surface area is 174 Å². The molecule has 162 valence electrons. The molecule has 0 radical (unpaired) electrons. The summed E-state index contributed by atoms with van der Waals surface area (Å²) in [5.41, 5.74) is 0. The predicted octanol–water partition coefficient (Wildman–Crippen LogP) is 1.02. The smallest absolute Gasteiger partial charge is 0.246 e. The Morgan fingerprint density at radius 1 is 0.833 bits per heavy atom. The summed E-state index contributed by atoms with van der Waals surface area (Å²) in [5, 5.41) is 0. The van der Waals surface area contributed by atoms with E-state index in [9.17, 15) is 17.2 Å². The lowest BCUT2D eigenvalue weighted by molar-refractivity contribution is 0.312. The molecule has 0 atom stereocenters. The van der Waals surface area contributed by atoms with Crippen LogP contribution in [0.25, 0.3) is 0 Å². The molecule has 1 aromatic heterocycles. The van der Waals surface area contributed by atoms with E-state index in [0.29, 0.717) is 19.2 Å². The van der Waals surface area contributed by atoms with Crippen molar-refractivity contribution < 1.29 is 17.2 Å². The Morgan fingerprint density at radius 3 is 1.97 bits per heavy atom. The SMILES string of the molecule is CN1CCN(c2cc(N3CCN(S(=O)(=O)c4ccc(F)cc4F)CC3)ncn2)CC1. The van der Waals surface area contributed by atoms with Gasteiger partial charge in [-0.05, 0) is 19.2 Å². The summed E-state index contributed by atoms with van der Waals surface area (Å²) in [7, 11) is -1.93. The maximum absolute atomic E-state index is 14.0. The van der Waals surface area contributed by atoms with Gasteiger partial charge in [-0.25, -0.2) is 27.2 Å². The van der Waals surface area contributed by atoms with Crippen molar-refractivity contribution in [1.29, 1.82) is 0 Å². The van der Waals surface area contributed by atoms with Crippen LogP contribution in [0.4, 0.5) is 20.4 Å². The van der Waals surface area contributed by atoms with Crippen LogP contribution in [0.15, 0.2) is 35.5 Å². The van der Waals surface area contributed by atoms with Gasteiger partial charge in [0.1, 0.15) is 34.5 Å². The van der Waals surface area contributed by atoms with Crippen LogP contribution in [0.1, 0.15) is 0 Å². The number of aromatic nitrogens is 2. The first-order valence-electron chi connectivity index (χ1n) is 9.80. The van der Waals surface area contributed by atoms with Crippen LogP contribution >= 0.6 is 0 Å². The van der Waals surface area contributed by atoms with Gasteiger partial charge in [-0.2, -0.15) is 4.31 Å². The fourth-order valence-corrected chi connectivity index (χ4v) is 5.17. The zero-order valence-corrected chi connectivity index (χ0v) is 17.5. The molecular formula is C19H24F2N6O2S. The number of likely N-dealkylation sites (N-methyl/N-ethyl adjacent to an activating group) is 1. The molecule has 2 fully saturated rings. The molecule has 0 unspecified atom stereocenters. The number of benzene rings is 1. The number of piperazine rings is 2. The fourth-order valence-electron chi connectivity index (χ4n) is 3.70. The van der Waals surface area contributed by atoms with Crippen molar-refractivity contribution in [1.82, 2.24) is 19.2 Å². The summed E-state index contributed by atoms with van der Waals surface area (Å²) in [6.45, 7) is 4.93. The van der Waals surface area contributed by atoms with Crippen LogP contribution in [-0.4, -0.2) is 87.0 Å². The van der Waals surface area contributed by atoms with E-state index >= 15 is 0 Å². The van der Waals surface area contributed by atoms with E-state index in [1.807, 2.05) is 11.0 Å². The van der Waals surface area contributed by atoms with Gasteiger partial charge in [0.15, 0.2) is 0 Å². The highest BCUT2D eigenvalue weighted by molar-refractivity contribution is 7.89. The minimum atomic E-state index is -4.03. The van der Waals surface area contributed by atoms with Crippen LogP contribution in [0, 0.1) is 11.6 Å². The van der Waals surface area contributed by atoms with Gasteiger partial charge in [0.2, 0.25) is 10.0 Å². The fraction of sp³-hybridized carbons (Fsp3) is 0.474. The highest BCUT2D eigenvalue weighted by Crippen LogP contribution is 2.24. The topological polar surface area (TPSA) is 72.9 Å². The third kappa shape index (κ3) is 4.23. The molecule has 2 aliphatic rings. The maximum atomic E-state index is 14.0. The average molecular weight is 439 g/mol. The molecular weight excluding hydrogens is 414 g/mol. The molecule has 0 amide bonds. The zero-order chi connectivity index (χ0) is 21.3. The Kier molecular flexibility index (Phi) is 5.85. The average Bonchev–Trinajstić information content (AvgIpc) is 2.74. The molecule has 1 aromatic carbocycles. The first-order valence-corrected chi connectivity index (χ1v) is 11.2. The monoisotopic (exact) mass is 438 g/mol. The maximum Gasteiger partial charge on any atom is 0.246 e. The van der Waals surface area contributed by atoms with Crippen molar-refractivity contribution in [2.24, 2.45) is 0 Å². The molecule has 0 aliphatic carbocycles. The molecule has 0 spiro atoms. The molecule has 0 bridgehead atoms.